The van der Waals surface area contributed by atoms with Gasteiger partial charge in [0.15, 0.2) is 5.69 Å². The quantitative estimate of drug-likeness (QED) is 0.360. The fourth-order valence-electron chi connectivity index (χ4n) is 3.02. The van der Waals surface area contributed by atoms with Gasteiger partial charge in [-0.3, -0.25) is 0 Å². The van der Waals surface area contributed by atoms with Gasteiger partial charge in [0.25, 0.3) is 0 Å². The van der Waals surface area contributed by atoms with Gasteiger partial charge in [-0.2, -0.15) is 18.3 Å². The lowest BCUT2D eigenvalue weighted by atomic mass is 10.1. The number of ether oxygens (including phenoxy) is 2. The van der Waals surface area contributed by atoms with Gasteiger partial charge in [0.1, 0.15) is 11.5 Å². The highest BCUT2D eigenvalue weighted by molar-refractivity contribution is 7.12. The van der Waals surface area contributed by atoms with Gasteiger partial charge in [-0.05, 0) is 61.5 Å². The van der Waals surface area contributed by atoms with Crippen molar-refractivity contribution in [3.05, 3.63) is 65.7 Å². The molecule has 2 aromatic heterocycles. The average molecular weight is 445 g/mol. The van der Waals surface area contributed by atoms with E-state index in [9.17, 15) is 13.2 Å². The van der Waals surface area contributed by atoms with Crippen molar-refractivity contribution in [1.82, 2.24) is 14.8 Å². The molecule has 9 heteroatoms. The van der Waals surface area contributed by atoms with E-state index in [-0.39, 0.29) is 0 Å². The molecule has 0 aliphatic carbocycles. The van der Waals surface area contributed by atoms with Crippen LogP contribution in [0.15, 0.2) is 60.0 Å². The van der Waals surface area contributed by atoms with E-state index in [4.69, 9.17) is 9.47 Å². The van der Waals surface area contributed by atoms with E-state index in [0.29, 0.717) is 40.2 Å². The normalized spacial score (nSPS) is 11.5. The molecule has 0 N–H and O–H groups in total. The van der Waals surface area contributed by atoms with Gasteiger partial charge in [-0.1, -0.05) is 0 Å². The lowest BCUT2D eigenvalue weighted by Gasteiger charge is -2.06. The van der Waals surface area contributed by atoms with E-state index in [1.54, 1.807) is 48.9 Å². The summed E-state index contributed by atoms with van der Waals surface area (Å²) >= 11 is 1.22. The van der Waals surface area contributed by atoms with E-state index >= 15 is 0 Å². The highest BCUT2D eigenvalue weighted by Crippen LogP contribution is 2.35. The van der Waals surface area contributed by atoms with Crippen LogP contribution < -0.4 is 9.47 Å². The Hall–Kier alpha value is -3.33. The molecule has 0 saturated heterocycles. The lowest BCUT2D eigenvalue weighted by molar-refractivity contribution is -0.141. The maximum absolute atomic E-state index is 13.4. The van der Waals surface area contributed by atoms with Crippen LogP contribution in [0.25, 0.3) is 27.6 Å². The zero-order valence-electron chi connectivity index (χ0n) is 16.7. The second-order valence-electron chi connectivity index (χ2n) is 6.53. The van der Waals surface area contributed by atoms with Crippen LogP contribution in [0.5, 0.6) is 11.5 Å². The van der Waals surface area contributed by atoms with E-state index in [2.05, 4.69) is 10.1 Å². The van der Waals surface area contributed by atoms with Crippen LogP contribution in [0.3, 0.4) is 0 Å². The van der Waals surface area contributed by atoms with Crippen molar-refractivity contribution in [3.8, 4) is 39.1 Å². The number of thiazole rings is 1. The molecular formula is C22H18F3N3O2S. The van der Waals surface area contributed by atoms with Crippen molar-refractivity contribution in [2.75, 3.05) is 13.7 Å². The minimum absolute atomic E-state index is 0.297. The Balaban J connectivity index is 1.75. The van der Waals surface area contributed by atoms with Crippen LogP contribution in [0.2, 0.25) is 0 Å². The summed E-state index contributed by atoms with van der Waals surface area (Å²) < 4.78 is 52.0. The molecule has 0 saturated carbocycles. The molecule has 0 bridgehead atoms. The summed E-state index contributed by atoms with van der Waals surface area (Å²) in [6.45, 7) is 2.37. The average Bonchev–Trinajstić information content (AvgIpc) is 3.42. The molecule has 0 aliphatic heterocycles. The maximum Gasteiger partial charge on any atom is 0.435 e. The molecule has 4 aromatic rings. The highest BCUT2D eigenvalue weighted by Gasteiger charge is 2.35. The Kier molecular flexibility index (Phi) is 5.69. The Morgan fingerprint density at radius 2 is 1.61 bits per heavy atom. The fraction of sp³-hybridized carbons (Fsp3) is 0.182. The molecule has 2 heterocycles. The molecular weight excluding hydrogens is 427 g/mol. The first kappa shape index (κ1) is 20.9. The first-order valence-electron chi connectivity index (χ1n) is 9.40. The van der Waals surface area contributed by atoms with Crippen LogP contribution in [0.1, 0.15) is 12.6 Å². The number of methoxy groups -OCH3 is 1. The third-order valence-corrected chi connectivity index (χ3v) is 5.34. The van der Waals surface area contributed by atoms with Gasteiger partial charge in [0, 0.05) is 16.5 Å². The predicted octanol–water partition coefficient (Wildman–Crippen LogP) is 6.09. The van der Waals surface area contributed by atoms with Gasteiger partial charge >= 0.3 is 6.18 Å². The van der Waals surface area contributed by atoms with Crippen molar-refractivity contribution < 1.29 is 22.6 Å². The standard InChI is InChI=1S/C22H18F3N3O2S/c1-3-30-17-10-6-15(7-11-17)19-12-20(22(23,24)25)27-28(19)21-26-18(13-31-21)14-4-8-16(29-2)9-5-14/h4-13H,3H2,1-2H3. The first-order chi connectivity index (χ1) is 14.9. The summed E-state index contributed by atoms with van der Waals surface area (Å²) in [6, 6.07) is 15.2. The van der Waals surface area contributed by atoms with Crippen LogP contribution >= 0.6 is 11.3 Å². The third kappa shape index (κ3) is 4.41. The van der Waals surface area contributed by atoms with Gasteiger partial charge in [0.05, 0.1) is 25.1 Å². The Morgan fingerprint density at radius 1 is 0.968 bits per heavy atom. The third-order valence-electron chi connectivity index (χ3n) is 4.52. The summed E-state index contributed by atoms with van der Waals surface area (Å²) in [5.41, 5.74) is 1.37. The topological polar surface area (TPSA) is 49.2 Å². The number of benzene rings is 2. The van der Waals surface area contributed by atoms with Crippen LogP contribution in [-0.4, -0.2) is 28.5 Å². The molecule has 2 aromatic carbocycles. The minimum atomic E-state index is -4.57. The van der Waals surface area contributed by atoms with Crippen LogP contribution in [0.4, 0.5) is 13.2 Å². The molecule has 0 amide bonds. The molecule has 0 unspecified atom stereocenters. The summed E-state index contributed by atoms with van der Waals surface area (Å²) in [7, 11) is 1.58. The largest absolute Gasteiger partial charge is 0.497 e. The van der Waals surface area contributed by atoms with Gasteiger partial charge < -0.3 is 9.47 Å². The van der Waals surface area contributed by atoms with Gasteiger partial charge in [-0.25, -0.2) is 9.67 Å². The van der Waals surface area contributed by atoms with Crippen molar-refractivity contribution in [2.24, 2.45) is 0 Å². The summed E-state index contributed by atoms with van der Waals surface area (Å²) in [5, 5.41) is 5.93. The van der Waals surface area contributed by atoms with E-state index < -0.39 is 11.9 Å². The molecule has 0 fully saturated rings. The molecule has 31 heavy (non-hydrogen) atoms. The maximum atomic E-state index is 13.4. The number of aromatic nitrogens is 3. The van der Waals surface area contributed by atoms with Crippen LogP contribution in [-0.2, 0) is 6.18 Å². The number of nitrogens with zero attached hydrogens (tertiary/aromatic N) is 3. The summed E-state index contributed by atoms with van der Waals surface area (Å²) in [5.74, 6) is 1.35. The summed E-state index contributed by atoms with van der Waals surface area (Å²) in [4.78, 5) is 4.52. The molecule has 0 atom stereocenters. The second-order valence-corrected chi connectivity index (χ2v) is 7.36. The number of halogens is 3. The number of hydrogen-bond acceptors (Lipinski definition) is 5. The molecule has 160 valence electrons. The van der Waals surface area contributed by atoms with E-state index in [0.717, 1.165) is 11.6 Å². The number of rotatable bonds is 6. The fourth-order valence-corrected chi connectivity index (χ4v) is 3.81. The zero-order valence-corrected chi connectivity index (χ0v) is 17.5. The molecule has 0 radical (unpaired) electrons. The molecule has 0 aliphatic rings. The SMILES string of the molecule is CCOc1ccc(-c2cc(C(F)(F)F)nn2-c2nc(-c3ccc(OC)cc3)cs2)cc1. The first-order valence-corrected chi connectivity index (χ1v) is 10.3. The molecule has 0 spiro atoms. The second kappa shape index (κ2) is 8.43. The summed E-state index contributed by atoms with van der Waals surface area (Å²) in [6.07, 6.45) is -4.57. The molecule has 4 rings (SSSR count). The zero-order chi connectivity index (χ0) is 22.0. The monoisotopic (exact) mass is 445 g/mol. The molecule has 5 nitrogen and oxygen atoms in total. The Labute approximate surface area is 180 Å². The predicted molar refractivity (Wildman–Crippen MR) is 113 cm³/mol. The van der Waals surface area contributed by atoms with Crippen molar-refractivity contribution in [2.45, 2.75) is 13.1 Å². The van der Waals surface area contributed by atoms with Gasteiger partial charge in [-0.15, -0.1) is 11.3 Å². The number of alkyl halides is 3. The van der Waals surface area contributed by atoms with Crippen molar-refractivity contribution >= 4 is 11.3 Å². The Bertz CT molecular complexity index is 1170. The lowest BCUT2D eigenvalue weighted by Crippen LogP contribution is -2.07. The van der Waals surface area contributed by atoms with E-state index in [1.807, 2.05) is 19.1 Å². The Morgan fingerprint density at radius 3 is 2.23 bits per heavy atom. The van der Waals surface area contributed by atoms with Gasteiger partial charge in [0.2, 0.25) is 5.13 Å². The van der Waals surface area contributed by atoms with E-state index in [1.165, 1.54) is 16.0 Å². The van der Waals surface area contributed by atoms with Crippen LogP contribution in [0, 0.1) is 0 Å². The van der Waals surface area contributed by atoms with Crippen molar-refractivity contribution in [1.29, 1.82) is 0 Å². The smallest absolute Gasteiger partial charge is 0.435 e. The minimum Gasteiger partial charge on any atom is -0.497 e. The highest BCUT2D eigenvalue weighted by atomic mass is 32.1. The van der Waals surface area contributed by atoms with Crippen molar-refractivity contribution in [3.63, 3.8) is 0 Å². The number of hydrogen-bond donors (Lipinski definition) is 0.